The van der Waals surface area contributed by atoms with Gasteiger partial charge >= 0.3 is 17.9 Å². The molecule has 0 atom stereocenters. The van der Waals surface area contributed by atoms with Gasteiger partial charge in [0.1, 0.15) is 0 Å². The molecule has 7 heteroatoms. The van der Waals surface area contributed by atoms with Crippen LogP contribution in [0.4, 0.5) is 0 Å². The van der Waals surface area contributed by atoms with E-state index >= 15 is 0 Å². The van der Waals surface area contributed by atoms with Crippen LogP contribution in [-0.2, 0) is 36.8 Å². The molecule has 0 bridgehead atoms. The van der Waals surface area contributed by atoms with Crippen LogP contribution < -0.4 is 0 Å². The van der Waals surface area contributed by atoms with Gasteiger partial charge in [-0.3, -0.25) is 14.4 Å². The number of carboxylic acids is 3. The van der Waals surface area contributed by atoms with Gasteiger partial charge in [0, 0.05) is 41.6 Å². The van der Waals surface area contributed by atoms with Crippen molar-refractivity contribution in [1.82, 2.24) is 0 Å². The Kier molecular flexibility index (Phi) is 67.8. The Morgan fingerprint density at radius 3 is 0.574 bits per heavy atom. The molecular formula is C54H102AuO6. The third kappa shape index (κ3) is 76.1. The summed E-state index contributed by atoms with van der Waals surface area (Å²) in [6, 6.07) is 0. The van der Waals surface area contributed by atoms with Crippen molar-refractivity contribution < 1.29 is 52.1 Å². The van der Waals surface area contributed by atoms with Gasteiger partial charge in [0.2, 0.25) is 0 Å². The summed E-state index contributed by atoms with van der Waals surface area (Å²) in [6.45, 7) is 6.78. The van der Waals surface area contributed by atoms with Crippen molar-refractivity contribution in [1.29, 1.82) is 0 Å². The second-order valence-corrected chi connectivity index (χ2v) is 17.2. The molecule has 0 saturated heterocycles. The SMILES string of the molecule is CCCCCCCC/C=C\CCCCCCCC(=O)O.CCCCCCCC/C=C\CCCCCCCC(=O)O.CCCCCCCC/C=C\CCCCCCCC(=O)O.[Au]. The van der Waals surface area contributed by atoms with E-state index in [2.05, 4.69) is 57.2 Å². The summed E-state index contributed by atoms with van der Waals surface area (Å²) in [5.74, 6) is -1.99. The number of hydrogen-bond donors (Lipinski definition) is 3. The molecule has 0 aromatic heterocycles. The van der Waals surface area contributed by atoms with Crippen molar-refractivity contribution in [3.63, 3.8) is 0 Å². The Labute approximate surface area is 395 Å². The van der Waals surface area contributed by atoms with Gasteiger partial charge < -0.3 is 15.3 Å². The molecule has 0 spiro atoms. The van der Waals surface area contributed by atoms with Gasteiger partial charge in [-0.25, -0.2) is 0 Å². The van der Waals surface area contributed by atoms with Crippen LogP contribution >= 0.6 is 0 Å². The Balaban J connectivity index is -0.000000396. The van der Waals surface area contributed by atoms with Crippen molar-refractivity contribution in [2.45, 2.75) is 290 Å². The summed E-state index contributed by atoms with van der Waals surface area (Å²) in [7, 11) is 0. The zero-order valence-corrected chi connectivity index (χ0v) is 42.7. The molecule has 0 heterocycles. The third-order valence-electron chi connectivity index (χ3n) is 11.0. The molecule has 365 valence electrons. The maximum atomic E-state index is 10.3. The molecule has 0 aliphatic carbocycles. The smallest absolute Gasteiger partial charge is 0.303 e. The third-order valence-corrected chi connectivity index (χ3v) is 11.0. The van der Waals surface area contributed by atoms with Gasteiger partial charge in [-0.2, -0.15) is 0 Å². The summed E-state index contributed by atoms with van der Waals surface area (Å²) < 4.78 is 0. The van der Waals surface area contributed by atoms with Crippen molar-refractivity contribution >= 4 is 17.9 Å². The summed E-state index contributed by atoms with van der Waals surface area (Å²) in [5, 5.41) is 25.5. The summed E-state index contributed by atoms with van der Waals surface area (Å²) in [4.78, 5) is 31.0. The first-order chi connectivity index (χ1) is 29.3. The van der Waals surface area contributed by atoms with Crippen LogP contribution in [0.2, 0.25) is 0 Å². The molecule has 0 aliphatic rings. The van der Waals surface area contributed by atoms with E-state index in [0.29, 0.717) is 19.3 Å². The van der Waals surface area contributed by atoms with E-state index in [-0.39, 0.29) is 22.4 Å². The molecule has 0 aromatic carbocycles. The largest absolute Gasteiger partial charge is 0.481 e. The number of rotatable bonds is 45. The van der Waals surface area contributed by atoms with Crippen LogP contribution in [0.1, 0.15) is 290 Å². The summed E-state index contributed by atoms with van der Waals surface area (Å²) in [6.07, 6.45) is 63.7. The normalized spacial score (nSPS) is 11.1. The van der Waals surface area contributed by atoms with Crippen LogP contribution in [-0.4, -0.2) is 33.2 Å². The van der Waals surface area contributed by atoms with Crippen molar-refractivity contribution in [3.05, 3.63) is 36.5 Å². The van der Waals surface area contributed by atoms with E-state index in [1.165, 1.54) is 212 Å². The predicted molar refractivity (Wildman–Crippen MR) is 261 cm³/mol. The molecule has 0 aromatic rings. The number of unbranched alkanes of at least 4 members (excludes halogenated alkanes) is 33. The summed E-state index contributed by atoms with van der Waals surface area (Å²) >= 11 is 0. The molecule has 0 unspecified atom stereocenters. The Hall–Kier alpha value is -1.63. The first-order valence-electron chi connectivity index (χ1n) is 25.9. The van der Waals surface area contributed by atoms with Gasteiger partial charge in [-0.15, -0.1) is 0 Å². The number of carboxylic acid groups (broad SMARTS) is 3. The van der Waals surface area contributed by atoms with Crippen molar-refractivity contribution in [3.8, 4) is 0 Å². The van der Waals surface area contributed by atoms with Crippen molar-refractivity contribution in [2.75, 3.05) is 0 Å². The molecule has 0 aliphatic heterocycles. The van der Waals surface area contributed by atoms with Crippen LogP contribution in [0.15, 0.2) is 36.5 Å². The Morgan fingerprint density at radius 2 is 0.410 bits per heavy atom. The monoisotopic (exact) mass is 1040 g/mol. The molecule has 0 saturated carbocycles. The molecule has 0 fully saturated rings. The van der Waals surface area contributed by atoms with Crippen molar-refractivity contribution in [2.24, 2.45) is 0 Å². The molecule has 6 nitrogen and oxygen atoms in total. The molecule has 3 N–H and O–H groups in total. The Morgan fingerprint density at radius 1 is 0.262 bits per heavy atom. The minimum atomic E-state index is -0.664. The van der Waals surface area contributed by atoms with E-state index in [9.17, 15) is 14.4 Å². The molecule has 61 heavy (non-hydrogen) atoms. The Bertz CT molecular complexity index is 827. The van der Waals surface area contributed by atoms with Crippen LogP contribution in [0.3, 0.4) is 0 Å². The van der Waals surface area contributed by atoms with Gasteiger partial charge in [0.05, 0.1) is 0 Å². The minimum absolute atomic E-state index is 0. The van der Waals surface area contributed by atoms with Crippen LogP contribution in [0.25, 0.3) is 0 Å². The zero-order valence-electron chi connectivity index (χ0n) is 40.5. The average molecular weight is 1040 g/mol. The standard InChI is InChI=1S/3C18H34O2.Au/c3*1-2-3-4-5-6-7-8-9-10-11-12-13-14-15-16-17-18(19)20;/h3*9-10H,2-8,11-17H2,1H3,(H,19,20);/b3*10-9-;. The fourth-order valence-electron chi connectivity index (χ4n) is 7.04. The van der Waals surface area contributed by atoms with Crippen LogP contribution in [0, 0.1) is 0 Å². The van der Waals surface area contributed by atoms with E-state index in [0.717, 1.165) is 38.5 Å². The first kappa shape index (κ1) is 66.0. The average Bonchev–Trinajstić information content (AvgIpc) is 3.22. The topological polar surface area (TPSA) is 112 Å². The molecule has 0 rings (SSSR count). The number of aliphatic carboxylic acids is 3. The number of allylic oxidation sites excluding steroid dienone is 6. The van der Waals surface area contributed by atoms with Gasteiger partial charge in [0.25, 0.3) is 0 Å². The van der Waals surface area contributed by atoms with Crippen LogP contribution in [0.5, 0.6) is 0 Å². The van der Waals surface area contributed by atoms with Gasteiger partial charge in [-0.05, 0) is 96.3 Å². The van der Waals surface area contributed by atoms with Gasteiger partial charge in [-0.1, -0.05) is 211 Å². The van der Waals surface area contributed by atoms with E-state index in [1.807, 2.05) is 0 Å². The van der Waals surface area contributed by atoms with E-state index in [1.54, 1.807) is 0 Å². The maximum absolute atomic E-state index is 10.3. The van der Waals surface area contributed by atoms with E-state index < -0.39 is 17.9 Å². The quantitative estimate of drug-likeness (QED) is 0.0318. The minimum Gasteiger partial charge on any atom is -0.481 e. The molecule has 0 amide bonds. The number of carbonyl (C=O) groups is 3. The molecule has 1 radical (unpaired) electrons. The fraction of sp³-hybridized carbons (Fsp3) is 0.833. The second-order valence-electron chi connectivity index (χ2n) is 17.2. The maximum Gasteiger partial charge on any atom is 0.303 e. The predicted octanol–water partition coefficient (Wildman–Crippen LogP) is 18.3. The first-order valence-corrected chi connectivity index (χ1v) is 25.9. The second kappa shape index (κ2) is 62.7. The zero-order chi connectivity index (χ0) is 44.7. The number of hydrogen-bond acceptors (Lipinski definition) is 3. The summed E-state index contributed by atoms with van der Waals surface area (Å²) in [5.41, 5.74) is 0. The molecular weight excluding hydrogens is 942 g/mol. The van der Waals surface area contributed by atoms with E-state index in [4.69, 9.17) is 15.3 Å². The fourth-order valence-corrected chi connectivity index (χ4v) is 7.04. The van der Waals surface area contributed by atoms with Gasteiger partial charge in [0.15, 0.2) is 0 Å².